The third kappa shape index (κ3) is 32.1. The van der Waals surface area contributed by atoms with Crippen LogP contribution in [0.2, 0.25) is 15.5 Å². The fourth-order valence-corrected chi connectivity index (χ4v) is 15.3. The predicted molar refractivity (Wildman–Crippen MR) is 509 cm³/mol. The van der Waals surface area contributed by atoms with Crippen LogP contribution in [0.3, 0.4) is 0 Å². The zero-order valence-electron chi connectivity index (χ0n) is 79.8. The molecule has 3 aromatic carbocycles. The normalized spacial score (nSPS) is 22.4. The molecule has 132 heavy (non-hydrogen) atoms. The lowest BCUT2D eigenvalue weighted by Gasteiger charge is -2.35. The first kappa shape index (κ1) is 115. The summed E-state index contributed by atoms with van der Waals surface area (Å²) >= 11 is 19.1. The Morgan fingerprint density at radius 1 is 0.462 bits per heavy atom. The summed E-state index contributed by atoms with van der Waals surface area (Å²) in [5.41, 5.74) is -1.20. The number of nitrogens with zero attached hydrogens (tertiary/aromatic N) is 9. The number of unbranched alkanes of at least 4 members (excludes halogenated alkanes) is 1. The summed E-state index contributed by atoms with van der Waals surface area (Å²) in [5.74, 6) is -2.14. The number of benzene rings is 3. The SMILES string of the molecule is C.C.C.C=CCCC[C@@H]1C[C@H]1OC(=O)C[C@H](C(=O)N1C[C@H](Oc2nc3cc(OC)ccc3nc2Cl)[C@@H](C)[C@H]1C(=O)OC(C)(C)C)C(C)(C)C.COc1ccc2nc(Cl)c(O[C@H]3CN(C(=O)OC(C)(C)C)[C@H](C(=O)OC(C)(C)C)[C@@H]3C)nc2c1.COc1ccc2nc(Cl)c(O[C@H]3CN[C@H](C(=O)OC(C)(C)C)[C@@H]3C)nc2c1.C[C@H]1[C@@H](C(=O)OC(C)(C)C)N(C(=O)OC(C)(C)C)C[C@@H]1O.[B]. The van der Waals surface area contributed by atoms with Gasteiger partial charge in [-0.25, -0.2) is 53.9 Å². The molecule has 11 rings (SSSR count). The van der Waals surface area contributed by atoms with E-state index in [1.807, 2.05) is 68.4 Å². The summed E-state index contributed by atoms with van der Waals surface area (Å²) in [5, 5.41) is 13.5. The minimum absolute atomic E-state index is 0. The van der Waals surface area contributed by atoms with E-state index in [4.69, 9.17) is 96.4 Å². The largest absolute Gasteiger partial charge is 0.497 e. The van der Waals surface area contributed by atoms with Crippen molar-refractivity contribution in [1.82, 2.24) is 49.9 Å². The van der Waals surface area contributed by atoms with Crippen LogP contribution in [0.25, 0.3) is 33.1 Å². The maximum Gasteiger partial charge on any atom is 0.411 e. The standard InChI is InChI=1S/C35H48ClN3O7.C24H32ClN3O6.C19H24ClN3O4.C15H27NO5.3CH4.B/c1-10-11-12-13-21-16-26(21)44-28(40)18-23(34(3,4)5)32(41)39-19-27(20(2)29(39)33(42)46-35(6,7)8)45-31-30(36)37-24-15-14-22(43-9)17-25(24)38-31;1-13-17(32-20-19(25)26-15-10-9-14(31-8)11-16(15)27-20)12-28(22(30)34-24(5,6)7)18(13)21(29)33-23(2,3)4;1-10-14(9-21-15(10)18(24)27-19(2,3)4)26-17-16(20)22-12-7-6-11(25-5)8-13(12)23-17;1-9-10(17)8-16(13(19)21-15(5,6)7)11(9)12(18)20-14(2,3)4;;;;/h10,14-15,17,20-21,23,26-27,29H,1,11-13,16,18-19H2,2-9H3;9-11,13,17-18H,12H2,1-8H3;6-8,10,14-15,21H,9H2,1-5H3;9-11,17H,8H2,1-7H3;3*1H4;/t20-,21-,23-,26-,27+,29+;13-,17+,18+;10-,14+,15+;9-,10+,11+;;;;/m1111..../s1. The van der Waals surface area contributed by atoms with Crippen LogP contribution in [-0.4, -0.2) is 242 Å². The van der Waals surface area contributed by atoms with Crippen LogP contribution in [0.15, 0.2) is 67.3 Å². The van der Waals surface area contributed by atoms with Crippen LogP contribution >= 0.6 is 34.8 Å². The molecule has 0 unspecified atom stereocenters. The van der Waals surface area contributed by atoms with Gasteiger partial charge in [-0.05, 0) is 198 Å². The second-order valence-electron chi connectivity index (χ2n) is 40.0. The van der Waals surface area contributed by atoms with E-state index in [1.165, 1.54) is 14.7 Å². The molecule has 6 aromatic rings. The Hall–Kier alpha value is -9.57. The molecule has 0 spiro atoms. The first-order valence-electron chi connectivity index (χ1n) is 43.2. The van der Waals surface area contributed by atoms with Crippen molar-refractivity contribution >= 4 is 124 Å². The van der Waals surface area contributed by atoms with Gasteiger partial charge in [0.2, 0.25) is 5.91 Å². The molecule has 36 heteroatoms. The highest BCUT2D eigenvalue weighted by atomic mass is 35.5. The number of carbonyl (C=O) groups excluding carboxylic acids is 8. The molecule has 3 amide bonds. The smallest absolute Gasteiger partial charge is 0.411 e. The topological polar surface area (TPSA) is 376 Å². The molecule has 0 bridgehead atoms. The zero-order chi connectivity index (χ0) is 95.7. The lowest BCUT2D eigenvalue weighted by Crippen LogP contribution is -2.50. The number of carbonyl (C=O) groups is 8. The van der Waals surface area contributed by atoms with E-state index in [0.717, 1.165) is 25.7 Å². The third-order valence-electron chi connectivity index (χ3n) is 21.2. The van der Waals surface area contributed by atoms with Crippen LogP contribution in [0, 0.1) is 40.9 Å². The number of methoxy groups -OCH3 is 3. The highest BCUT2D eigenvalue weighted by Gasteiger charge is 2.54. The van der Waals surface area contributed by atoms with Crippen molar-refractivity contribution in [3.05, 3.63) is 82.7 Å². The Morgan fingerprint density at radius 2 is 0.803 bits per heavy atom. The van der Waals surface area contributed by atoms with Crippen LogP contribution in [-0.2, 0) is 61.9 Å². The van der Waals surface area contributed by atoms with Gasteiger partial charge in [-0.3, -0.25) is 24.2 Å². The van der Waals surface area contributed by atoms with Crippen molar-refractivity contribution in [2.75, 3.05) is 47.5 Å². The van der Waals surface area contributed by atoms with E-state index in [0.29, 0.717) is 62.8 Å². The van der Waals surface area contributed by atoms with Crippen LogP contribution in [0.5, 0.6) is 34.9 Å². The van der Waals surface area contributed by atoms with Gasteiger partial charge in [0.1, 0.15) is 99.4 Å². The molecule has 32 nitrogen and oxygen atoms in total. The average Bonchev–Trinajstić information content (AvgIpc) is 1.62. The number of hydrogen-bond donors (Lipinski definition) is 2. The summed E-state index contributed by atoms with van der Waals surface area (Å²) in [6, 6.07) is 12.7. The summed E-state index contributed by atoms with van der Waals surface area (Å²) in [7, 11) is 4.71. The molecule has 1 saturated carbocycles. The molecule has 5 aliphatic rings. The number of aliphatic hydroxyl groups excluding tert-OH is 1. The van der Waals surface area contributed by atoms with Gasteiger partial charge < -0.3 is 76.9 Å². The van der Waals surface area contributed by atoms with Crippen molar-refractivity contribution in [2.45, 2.75) is 316 Å². The van der Waals surface area contributed by atoms with Gasteiger partial charge in [-0.15, -0.1) is 6.58 Å². The molecule has 3 aromatic heterocycles. The molecule has 7 heterocycles. The van der Waals surface area contributed by atoms with E-state index in [-0.39, 0.29) is 120 Å². The number of aliphatic hydroxyl groups is 1. The Kier molecular flexibility index (Phi) is 40.5. The first-order valence-corrected chi connectivity index (χ1v) is 44.3. The van der Waals surface area contributed by atoms with Crippen molar-refractivity contribution in [3.8, 4) is 34.9 Å². The number of allylic oxidation sites excluding steroid dienone is 1. The van der Waals surface area contributed by atoms with E-state index >= 15 is 0 Å². The molecular weight excluding hydrogens is 1760 g/mol. The van der Waals surface area contributed by atoms with Crippen molar-refractivity contribution < 1.29 is 105 Å². The molecule has 2 N–H and O–H groups in total. The van der Waals surface area contributed by atoms with E-state index < -0.39 is 141 Å². The lowest BCUT2D eigenvalue weighted by atomic mass is 9.77. The molecule has 1 aliphatic carbocycles. The van der Waals surface area contributed by atoms with E-state index in [9.17, 15) is 43.5 Å². The third-order valence-corrected chi connectivity index (χ3v) is 22.0. The quantitative estimate of drug-likeness (QED) is 0.0222. The molecule has 733 valence electrons. The first-order chi connectivity index (χ1) is 59.2. The van der Waals surface area contributed by atoms with Gasteiger partial charge in [0.25, 0.3) is 17.6 Å². The predicted octanol–water partition coefficient (Wildman–Crippen LogP) is 17.7. The van der Waals surface area contributed by atoms with Crippen molar-refractivity contribution in [1.29, 1.82) is 0 Å². The van der Waals surface area contributed by atoms with Crippen molar-refractivity contribution in [3.63, 3.8) is 0 Å². The monoisotopic (exact) mass is 1900 g/mol. The second kappa shape index (κ2) is 46.6. The zero-order valence-corrected chi connectivity index (χ0v) is 82.0. The van der Waals surface area contributed by atoms with Crippen LogP contribution < -0.4 is 33.7 Å². The Labute approximate surface area is 796 Å². The van der Waals surface area contributed by atoms with Gasteiger partial charge in [0.05, 0.1) is 92.5 Å². The number of rotatable bonds is 21. The van der Waals surface area contributed by atoms with E-state index in [2.05, 4.69) is 41.8 Å². The lowest BCUT2D eigenvalue weighted by molar-refractivity contribution is -0.167. The fourth-order valence-electron chi connectivity index (χ4n) is 14.8. The maximum atomic E-state index is 14.4. The van der Waals surface area contributed by atoms with Gasteiger partial charge in [-0.2, -0.15) is 0 Å². The minimum atomic E-state index is -0.956. The van der Waals surface area contributed by atoms with Gasteiger partial charge in [0, 0.05) is 56.8 Å². The number of β-amino-alcohol motifs (C(OH)–C–C–N with tert-alkyl or cyclic N) is 1. The molecule has 4 saturated heterocycles. The molecular formula is C96H143BCl3N10O22. The Balaban J connectivity index is 0.000000379. The summed E-state index contributed by atoms with van der Waals surface area (Å²) in [4.78, 5) is 135. The van der Waals surface area contributed by atoms with Gasteiger partial charge in [-0.1, -0.05) is 112 Å². The number of nitrogens with one attached hydrogen (secondary N) is 1. The minimum Gasteiger partial charge on any atom is -0.497 e. The number of esters is 5. The summed E-state index contributed by atoms with van der Waals surface area (Å²) in [6.45, 7) is 49.5. The highest BCUT2D eigenvalue weighted by molar-refractivity contribution is 6.31. The number of aromatic nitrogens is 6. The summed E-state index contributed by atoms with van der Waals surface area (Å²) in [6.07, 6.45) is 1.91. The number of amides is 3. The number of hydrogen-bond acceptors (Lipinski definition) is 29. The van der Waals surface area contributed by atoms with Gasteiger partial charge in [0.15, 0.2) is 15.5 Å². The van der Waals surface area contributed by atoms with Gasteiger partial charge >= 0.3 is 42.0 Å². The van der Waals surface area contributed by atoms with Crippen molar-refractivity contribution in [2.24, 2.45) is 40.9 Å². The number of halogens is 3. The number of ether oxygens (including phenoxy) is 13. The number of fused-ring (bicyclic) bond motifs is 3. The van der Waals surface area contributed by atoms with E-state index in [1.54, 1.807) is 187 Å². The maximum absolute atomic E-state index is 14.4. The highest BCUT2D eigenvalue weighted by Crippen LogP contribution is 2.43. The summed E-state index contributed by atoms with van der Waals surface area (Å²) < 4.78 is 73.0. The fraction of sp³-hybridized carbons (Fsp3) is 0.646. The molecule has 5 fully saturated rings. The Bertz CT molecular complexity index is 4960. The molecule has 15 atom stereocenters. The average molecular weight is 1910 g/mol. The number of likely N-dealkylation sites (tertiary alicyclic amines) is 3. The molecule has 3 radical (unpaired) electrons. The van der Waals surface area contributed by atoms with Crippen LogP contribution in [0.1, 0.15) is 227 Å². The Morgan fingerprint density at radius 3 is 1.16 bits per heavy atom. The van der Waals surface area contributed by atoms with Crippen LogP contribution in [0.4, 0.5) is 9.59 Å². The molecule has 4 aliphatic heterocycles. The second-order valence-corrected chi connectivity index (χ2v) is 41.0.